The standard InChI is InChI=1S/C55H36BN5O.Pt/c1-38-34-46(39-18-5-2-6-19-39)54(47(35-38)40-20-7-3-8-21-40)59-37-58(49-29-13-14-30-50(49)59)42-24-15-25-43(36-42)62-53-33-17-32-52(57-53)60-51-31-16-27-45-44-26-11-12-28-48(44)61(55(45)51)56(60)41-22-9-4-10-23-41;/h2-30,32-35H,1H3;/q-2;/i1D3,2D,5D,6D,18D,19D;. The Morgan fingerprint density at radius 3 is 2.16 bits per heavy atom. The Labute approximate surface area is 387 Å². The fraction of sp³-hybridized carbons (Fsp3) is 0.0182. The van der Waals surface area contributed by atoms with E-state index in [1.807, 2.05) is 124 Å². The van der Waals surface area contributed by atoms with Crippen LogP contribution < -0.4 is 15.0 Å². The van der Waals surface area contributed by atoms with Crippen molar-refractivity contribution in [3.05, 3.63) is 222 Å². The maximum absolute atomic E-state index is 9.14. The number of ether oxygens (including phenoxy) is 1. The number of aromatic nitrogens is 4. The van der Waals surface area contributed by atoms with Crippen molar-refractivity contribution < 1.29 is 35.1 Å². The van der Waals surface area contributed by atoms with Gasteiger partial charge in [0.15, 0.2) is 0 Å². The first-order chi connectivity index (χ1) is 34.4. The van der Waals surface area contributed by atoms with E-state index in [9.17, 15) is 0 Å². The van der Waals surface area contributed by atoms with Gasteiger partial charge in [-0.3, -0.25) is 0 Å². The molecule has 0 atom stereocenters. The van der Waals surface area contributed by atoms with Crippen molar-refractivity contribution in [2.45, 2.75) is 6.85 Å². The number of imidazole rings is 1. The zero-order chi connectivity index (χ0) is 48.9. The molecule has 0 spiro atoms. The van der Waals surface area contributed by atoms with Gasteiger partial charge in [0.25, 0.3) is 0 Å². The molecule has 1 aliphatic heterocycles. The second-order valence-corrected chi connectivity index (χ2v) is 16.2. The van der Waals surface area contributed by atoms with E-state index in [2.05, 4.69) is 83.2 Å². The van der Waals surface area contributed by atoms with Gasteiger partial charge in [-0.2, -0.15) is 12.1 Å². The topological polar surface area (TPSA) is 40.1 Å². The number of para-hydroxylation sites is 3. The Kier molecular flexibility index (Phi) is 7.15. The average Bonchev–Trinajstić information content (AvgIpc) is 4.02. The molecule has 8 heteroatoms. The Hall–Kier alpha value is -7.47. The van der Waals surface area contributed by atoms with Crippen LogP contribution in [-0.2, 0) is 19.4 Å². The number of nitrogens with zero attached hydrogens (tertiary/aromatic N) is 5. The summed E-state index contributed by atoms with van der Waals surface area (Å²) in [5.74, 6) is 1.42. The first-order valence-corrected chi connectivity index (χ1v) is 21.5. The van der Waals surface area contributed by atoms with Crippen molar-refractivity contribution in [1.82, 2.24) is 18.6 Å². The minimum atomic E-state index is -2.61. The molecular formula is C55H36BN5OPt-2. The van der Waals surface area contributed by atoms with E-state index >= 15 is 0 Å². The normalized spacial score (nSPS) is 14.3. The number of benzene rings is 8. The van der Waals surface area contributed by atoms with E-state index in [1.165, 1.54) is 11.5 Å². The fourth-order valence-corrected chi connectivity index (χ4v) is 10.1. The van der Waals surface area contributed by atoms with Crippen LogP contribution in [0.2, 0.25) is 0 Å². The first-order valence-electron chi connectivity index (χ1n) is 24.3. The van der Waals surface area contributed by atoms with Gasteiger partial charge in [0, 0.05) is 5.52 Å². The van der Waals surface area contributed by atoms with Crippen LogP contribution in [0, 0.1) is 22.8 Å². The monoisotopic (exact) mass is 996 g/mol. The van der Waals surface area contributed by atoms with Crippen molar-refractivity contribution in [2.75, 3.05) is 4.81 Å². The van der Waals surface area contributed by atoms with E-state index in [-0.39, 0.29) is 23.7 Å². The summed E-state index contributed by atoms with van der Waals surface area (Å²) in [7, 11) is 0. The predicted octanol–water partition coefficient (Wildman–Crippen LogP) is 12.4. The fourth-order valence-electron chi connectivity index (χ4n) is 8.99. The van der Waals surface area contributed by atoms with Crippen LogP contribution >= 0.6 is 0 Å². The van der Waals surface area contributed by atoms with E-state index in [1.54, 1.807) is 6.07 Å². The van der Waals surface area contributed by atoms with Crippen LogP contribution in [0.4, 0.5) is 11.5 Å². The molecule has 63 heavy (non-hydrogen) atoms. The summed E-state index contributed by atoms with van der Waals surface area (Å²) in [6.07, 6.45) is 0. The second kappa shape index (κ2) is 15.2. The molecule has 0 unspecified atom stereocenters. The Bertz CT molecular complexity index is 4000. The number of anilines is 2. The van der Waals surface area contributed by atoms with Crippen LogP contribution in [0.1, 0.15) is 16.5 Å². The number of fused-ring (bicyclic) bond motifs is 4. The summed E-state index contributed by atoms with van der Waals surface area (Å²) in [6, 6.07) is 58.8. The van der Waals surface area contributed by atoms with Gasteiger partial charge in [-0.1, -0.05) is 48.5 Å². The third kappa shape index (κ3) is 6.14. The molecule has 0 bridgehead atoms. The van der Waals surface area contributed by atoms with E-state index in [4.69, 9.17) is 20.7 Å². The van der Waals surface area contributed by atoms with Crippen LogP contribution in [0.3, 0.4) is 0 Å². The molecule has 12 rings (SSSR count). The summed E-state index contributed by atoms with van der Waals surface area (Å²) in [5.41, 5.74) is 7.82. The zero-order valence-electron chi connectivity index (χ0n) is 41.2. The van der Waals surface area contributed by atoms with Gasteiger partial charge in [0.1, 0.15) is 0 Å². The van der Waals surface area contributed by atoms with Crippen molar-refractivity contribution in [1.29, 1.82) is 0 Å². The number of hydrogen-bond donors (Lipinski definition) is 0. The molecule has 1 aliphatic rings. The second-order valence-electron chi connectivity index (χ2n) is 15.2. The molecule has 6 nitrogen and oxygen atoms in total. The summed E-state index contributed by atoms with van der Waals surface area (Å²) in [6.45, 7) is -2.86. The van der Waals surface area contributed by atoms with Crippen molar-refractivity contribution in [2.24, 2.45) is 0 Å². The SMILES string of the molecule is [2H]c1c([2H])c([2H])c(-c2cc(C([2H])([2H])[2H])cc(-c3ccccc3)c2-n2[c](=[Pt])n(-c3[c-]c(Oc4cccc(N5B(c6ccccc6)n6c7ccccc7c7cc[c-]c5c76)n4)ccc3)c3ccccc32)c([2H])c1[2H]. The third-order valence-electron chi connectivity index (χ3n) is 11.5. The van der Waals surface area contributed by atoms with Gasteiger partial charge in [-0.25, -0.2) is 0 Å². The number of aryl methyl sites for hydroxylation is 1. The summed E-state index contributed by atoms with van der Waals surface area (Å²) < 4.78 is 83.2. The van der Waals surface area contributed by atoms with Crippen LogP contribution in [0.5, 0.6) is 11.6 Å². The molecule has 0 saturated heterocycles. The van der Waals surface area contributed by atoms with Crippen molar-refractivity contribution in [3.8, 4) is 45.3 Å². The van der Waals surface area contributed by atoms with Gasteiger partial charge in [0.2, 0.25) is 0 Å². The molecule has 0 amide bonds. The summed E-state index contributed by atoms with van der Waals surface area (Å²) >= 11 is 2.22. The van der Waals surface area contributed by atoms with Crippen LogP contribution in [-0.4, -0.2) is 25.6 Å². The first kappa shape index (κ1) is 29.7. The van der Waals surface area contributed by atoms with Gasteiger partial charge in [-0.15, -0.1) is 5.39 Å². The van der Waals surface area contributed by atoms with E-state index < -0.39 is 37.1 Å². The minimum absolute atomic E-state index is 0.0457. The summed E-state index contributed by atoms with van der Waals surface area (Å²) in [5, 5.41) is 2.31. The number of hydrogen-bond acceptors (Lipinski definition) is 3. The Morgan fingerprint density at radius 2 is 1.37 bits per heavy atom. The van der Waals surface area contributed by atoms with Crippen molar-refractivity contribution in [3.63, 3.8) is 0 Å². The molecule has 0 radical (unpaired) electrons. The quantitative estimate of drug-likeness (QED) is 0.112. The van der Waals surface area contributed by atoms with E-state index in [0.29, 0.717) is 49.3 Å². The zero-order valence-corrected chi connectivity index (χ0v) is 35.5. The average molecular weight is 997 g/mol. The Balaban J connectivity index is 1.00. The molecule has 302 valence electrons. The van der Waals surface area contributed by atoms with Gasteiger partial charge < -0.3 is 0 Å². The molecule has 0 N–H and O–H groups in total. The van der Waals surface area contributed by atoms with Gasteiger partial charge >= 0.3 is 306 Å². The molecular weight excluding hydrogens is 953 g/mol. The van der Waals surface area contributed by atoms with Crippen LogP contribution in [0.15, 0.2) is 200 Å². The third-order valence-corrected chi connectivity index (χ3v) is 12.5. The maximum atomic E-state index is 9.14. The molecule has 3 aromatic heterocycles. The summed E-state index contributed by atoms with van der Waals surface area (Å²) in [4.78, 5) is 7.34. The molecule has 0 saturated carbocycles. The predicted molar refractivity (Wildman–Crippen MR) is 252 cm³/mol. The van der Waals surface area contributed by atoms with Crippen LogP contribution in [0.25, 0.3) is 66.5 Å². The molecule has 4 heterocycles. The number of pyridine rings is 1. The van der Waals surface area contributed by atoms with Gasteiger partial charge in [-0.05, 0) is 11.5 Å². The molecule has 0 fully saturated rings. The van der Waals surface area contributed by atoms with Gasteiger partial charge in [0.05, 0.1) is 0 Å². The molecule has 8 aromatic carbocycles. The molecule has 0 aliphatic carbocycles. The Morgan fingerprint density at radius 1 is 0.667 bits per heavy atom. The number of rotatable bonds is 8. The molecule has 11 aromatic rings. The van der Waals surface area contributed by atoms with Crippen molar-refractivity contribution >= 4 is 56.8 Å². The van der Waals surface area contributed by atoms with E-state index in [0.717, 1.165) is 33.1 Å².